The Labute approximate surface area is 94.2 Å². The van der Waals surface area contributed by atoms with E-state index in [2.05, 4.69) is 10.3 Å². The maximum atomic E-state index is 11.7. The maximum absolute atomic E-state index is 11.7. The summed E-state index contributed by atoms with van der Waals surface area (Å²) in [7, 11) is 0. The van der Waals surface area contributed by atoms with Crippen LogP contribution in [0.4, 0.5) is 0 Å². The maximum Gasteiger partial charge on any atom is 0.249 e. The predicted molar refractivity (Wildman–Crippen MR) is 56.7 cm³/mol. The van der Waals surface area contributed by atoms with E-state index in [1.807, 2.05) is 13.8 Å². The number of nitrogens with zero attached hydrogens (tertiary/aromatic N) is 1. The smallest absolute Gasteiger partial charge is 0.249 e. The highest BCUT2D eigenvalue weighted by Gasteiger charge is 2.27. The Kier molecular flexibility index (Phi) is 3.24. The first-order valence-electron chi connectivity index (χ1n) is 5.49. The minimum Gasteiger partial charge on any atom is -0.448 e. The van der Waals surface area contributed by atoms with Crippen molar-refractivity contribution in [3.05, 3.63) is 17.8 Å². The van der Waals surface area contributed by atoms with Crippen LogP contribution in [-0.2, 0) is 16.1 Å². The Morgan fingerprint density at radius 1 is 1.62 bits per heavy atom. The van der Waals surface area contributed by atoms with E-state index in [1.54, 1.807) is 0 Å². The molecule has 0 bridgehead atoms. The SMILES string of the molecule is Cc1ocnc1CNC(=O)[C@H]1CC[C@H](C)O1. The molecule has 2 atom stereocenters. The van der Waals surface area contributed by atoms with Crippen molar-refractivity contribution in [2.75, 3.05) is 0 Å². The van der Waals surface area contributed by atoms with Crippen LogP contribution in [0, 0.1) is 6.92 Å². The molecule has 0 aromatic carbocycles. The number of hydrogen-bond acceptors (Lipinski definition) is 4. The quantitative estimate of drug-likeness (QED) is 0.837. The lowest BCUT2D eigenvalue weighted by Crippen LogP contribution is -2.34. The number of ether oxygens (including phenoxy) is 1. The van der Waals surface area contributed by atoms with E-state index in [1.165, 1.54) is 6.39 Å². The first-order valence-corrected chi connectivity index (χ1v) is 5.49. The van der Waals surface area contributed by atoms with Gasteiger partial charge < -0.3 is 14.5 Å². The number of nitrogens with one attached hydrogen (secondary N) is 1. The van der Waals surface area contributed by atoms with Gasteiger partial charge in [-0.2, -0.15) is 0 Å². The molecular formula is C11H16N2O3. The number of carbonyl (C=O) groups is 1. The molecule has 0 spiro atoms. The number of oxazole rings is 1. The summed E-state index contributed by atoms with van der Waals surface area (Å²) >= 11 is 0. The fourth-order valence-corrected chi connectivity index (χ4v) is 1.78. The van der Waals surface area contributed by atoms with Crippen LogP contribution in [0.1, 0.15) is 31.2 Å². The van der Waals surface area contributed by atoms with Gasteiger partial charge in [0.25, 0.3) is 0 Å². The Morgan fingerprint density at radius 2 is 2.44 bits per heavy atom. The molecule has 16 heavy (non-hydrogen) atoms. The third-order valence-corrected chi connectivity index (χ3v) is 2.80. The van der Waals surface area contributed by atoms with E-state index >= 15 is 0 Å². The van der Waals surface area contributed by atoms with Crippen LogP contribution < -0.4 is 5.32 Å². The number of rotatable bonds is 3. The molecule has 1 aromatic heterocycles. The molecule has 88 valence electrons. The Bertz CT molecular complexity index is 375. The van der Waals surface area contributed by atoms with Crippen molar-refractivity contribution in [2.24, 2.45) is 0 Å². The van der Waals surface area contributed by atoms with E-state index in [9.17, 15) is 4.79 Å². The minimum absolute atomic E-state index is 0.0632. The molecule has 5 heteroatoms. The zero-order chi connectivity index (χ0) is 11.5. The third kappa shape index (κ3) is 2.41. The lowest BCUT2D eigenvalue weighted by Gasteiger charge is -2.10. The van der Waals surface area contributed by atoms with Gasteiger partial charge in [0.15, 0.2) is 6.39 Å². The van der Waals surface area contributed by atoms with Gasteiger partial charge >= 0.3 is 0 Å². The molecule has 1 N–H and O–H groups in total. The molecule has 0 radical (unpaired) electrons. The topological polar surface area (TPSA) is 64.4 Å². The van der Waals surface area contributed by atoms with E-state index in [-0.39, 0.29) is 18.1 Å². The van der Waals surface area contributed by atoms with Crippen LogP contribution in [0.3, 0.4) is 0 Å². The van der Waals surface area contributed by atoms with Gasteiger partial charge in [0.1, 0.15) is 17.6 Å². The summed E-state index contributed by atoms with van der Waals surface area (Å²) in [5.74, 6) is 0.674. The van der Waals surface area contributed by atoms with Gasteiger partial charge in [-0.15, -0.1) is 0 Å². The van der Waals surface area contributed by atoms with Gasteiger partial charge in [-0.25, -0.2) is 4.98 Å². The first-order chi connectivity index (χ1) is 7.66. The van der Waals surface area contributed by atoms with Crippen molar-refractivity contribution in [3.63, 3.8) is 0 Å². The lowest BCUT2D eigenvalue weighted by molar-refractivity contribution is -0.131. The standard InChI is InChI=1S/C11H16N2O3/c1-7-3-4-10(16-7)11(14)12-5-9-8(2)15-6-13-9/h6-7,10H,3-5H2,1-2H3,(H,12,14)/t7-,10+/m0/s1. The molecule has 1 amide bonds. The van der Waals surface area contributed by atoms with Crippen molar-refractivity contribution in [1.29, 1.82) is 0 Å². The van der Waals surface area contributed by atoms with Crippen molar-refractivity contribution >= 4 is 5.91 Å². The van der Waals surface area contributed by atoms with Crippen LogP contribution in [0.15, 0.2) is 10.8 Å². The Hall–Kier alpha value is -1.36. The van der Waals surface area contributed by atoms with Gasteiger partial charge in [0.05, 0.1) is 12.6 Å². The Balaban J connectivity index is 1.82. The third-order valence-electron chi connectivity index (χ3n) is 2.80. The highest BCUT2D eigenvalue weighted by atomic mass is 16.5. The number of aryl methyl sites for hydroxylation is 1. The monoisotopic (exact) mass is 224 g/mol. The molecule has 1 aliphatic heterocycles. The normalized spacial score (nSPS) is 24.6. The van der Waals surface area contributed by atoms with Gasteiger partial charge in [-0.05, 0) is 26.7 Å². The molecule has 1 aromatic rings. The molecule has 5 nitrogen and oxygen atoms in total. The number of amides is 1. The van der Waals surface area contributed by atoms with Gasteiger partial charge in [-0.3, -0.25) is 4.79 Å². The first kappa shape index (κ1) is 11.1. The lowest BCUT2D eigenvalue weighted by atomic mass is 10.2. The van der Waals surface area contributed by atoms with E-state index in [0.717, 1.165) is 24.3 Å². The molecule has 1 fully saturated rings. The van der Waals surface area contributed by atoms with Crippen LogP contribution in [0.2, 0.25) is 0 Å². The fourth-order valence-electron chi connectivity index (χ4n) is 1.78. The fraction of sp³-hybridized carbons (Fsp3) is 0.636. The van der Waals surface area contributed by atoms with Gasteiger partial charge in [0, 0.05) is 0 Å². The number of aromatic nitrogens is 1. The van der Waals surface area contributed by atoms with Crippen molar-refractivity contribution < 1.29 is 13.9 Å². The van der Waals surface area contributed by atoms with E-state index in [0.29, 0.717) is 6.54 Å². The van der Waals surface area contributed by atoms with Gasteiger partial charge in [0.2, 0.25) is 5.91 Å². The minimum atomic E-state index is -0.304. The summed E-state index contributed by atoms with van der Waals surface area (Å²) in [6.07, 6.45) is 3.00. The molecule has 2 heterocycles. The van der Waals surface area contributed by atoms with Crippen LogP contribution in [0.25, 0.3) is 0 Å². The highest BCUT2D eigenvalue weighted by molar-refractivity contribution is 5.80. The summed E-state index contributed by atoms with van der Waals surface area (Å²) in [4.78, 5) is 15.7. The second kappa shape index (κ2) is 4.65. The van der Waals surface area contributed by atoms with Crippen molar-refractivity contribution in [1.82, 2.24) is 10.3 Å². The summed E-state index contributed by atoms with van der Waals surface area (Å²) in [5.41, 5.74) is 0.763. The van der Waals surface area contributed by atoms with Crippen LogP contribution >= 0.6 is 0 Å². The number of hydrogen-bond donors (Lipinski definition) is 1. The molecule has 1 aliphatic rings. The van der Waals surface area contributed by atoms with E-state index < -0.39 is 0 Å². The largest absolute Gasteiger partial charge is 0.448 e. The molecule has 0 unspecified atom stereocenters. The van der Waals surface area contributed by atoms with Crippen LogP contribution in [0.5, 0.6) is 0 Å². The number of carbonyl (C=O) groups excluding carboxylic acids is 1. The molecular weight excluding hydrogens is 208 g/mol. The zero-order valence-corrected chi connectivity index (χ0v) is 9.53. The van der Waals surface area contributed by atoms with Crippen molar-refractivity contribution in [2.45, 2.75) is 45.4 Å². The molecule has 0 aliphatic carbocycles. The molecule has 0 saturated carbocycles. The molecule has 1 saturated heterocycles. The van der Waals surface area contributed by atoms with Crippen LogP contribution in [-0.4, -0.2) is 23.1 Å². The second-order valence-corrected chi connectivity index (χ2v) is 4.09. The van der Waals surface area contributed by atoms with E-state index in [4.69, 9.17) is 9.15 Å². The summed E-state index contributed by atoms with van der Waals surface area (Å²) < 4.78 is 10.5. The van der Waals surface area contributed by atoms with Gasteiger partial charge in [-0.1, -0.05) is 0 Å². The second-order valence-electron chi connectivity index (χ2n) is 4.09. The average Bonchev–Trinajstić information content (AvgIpc) is 2.84. The highest BCUT2D eigenvalue weighted by Crippen LogP contribution is 2.19. The average molecular weight is 224 g/mol. The summed E-state index contributed by atoms with van der Waals surface area (Å²) in [6, 6.07) is 0. The summed E-state index contributed by atoms with van der Waals surface area (Å²) in [5, 5.41) is 2.80. The van der Waals surface area contributed by atoms with Crippen molar-refractivity contribution in [3.8, 4) is 0 Å². The molecule has 2 rings (SSSR count). The predicted octanol–water partition coefficient (Wildman–Crippen LogP) is 1.17. The summed E-state index contributed by atoms with van der Waals surface area (Å²) in [6.45, 7) is 4.20. The zero-order valence-electron chi connectivity index (χ0n) is 9.53. The Morgan fingerprint density at radius 3 is 3.00 bits per heavy atom.